The molecule has 0 spiro atoms. The van der Waals surface area contributed by atoms with Crippen molar-refractivity contribution in [2.24, 2.45) is 0 Å². The minimum atomic E-state index is 0.933. The van der Waals surface area contributed by atoms with Crippen LogP contribution in [0.1, 0.15) is 11.1 Å². The van der Waals surface area contributed by atoms with Crippen molar-refractivity contribution in [2.45, 2.75) is 0 Å². The van der Waals surface area contributed by atoms with Crippen LogP contribution >= 0.6 is 0 Å². The molecular weight excluding hydrogens is 144 g/mol. The van der Waals surface area contributed by atoms with Gasteiger partial charge in [-0.3, -0.25) is 0 Å². The lowest BCUT2D eigenvalue weighted by molar-refractivity contribution is 1.49. The van der Waals surface area contributed by atoms with E-state index in [0.29, 0.717) is 0 Å². The van der Waals surface area contributed by atoms with Crippen LogP contribution in [0.2, 0.25) is 0 Å². The van der Waals surface area contributed by atoms with Gasteiger partial charge in [-0.2, -0.15) is 0 Å². The summed E-state index contributed by atoms with van der Waals surface area (Å²) in [5.41, 5.74) is 2.08. The molecule has 0 aliphatic heterocycles. The maximum Gasteiger partial charge on any atom is -0.0118 e. The highest BCUT2D eigenvalue weighted by atomic mass is 14.0. The Balaban J connectivity index is 3.68. The van der Waals surface area contributed by atoms with Crippen molar-refractivity contribution < 1.29 is 0 Å². The van der Waals surface area contributed by atoms with Crippen molar-refractivity contribution in [1.82, 2.24) is 0 Å². The smallest absolute Gasteiger partial charge is 0.0118 e. The average molecular weight is 156 g/mol. The van der Waals surface area contributed by atoms with Gasteiger partial charge in [0.15, 0.2) is 0 Å². The van der Waals surface area contributed by atoms with E-state index in [1.165, 1.54) is 0 Å². The van der Waals surface area contributed by atoms with Crippen LogP contribution in [0.25, 0.3) is 25.3 Å². The van der Waals surface area contributed by atoms with Crippen LogP contribution in [-0.2, 0) is 0 Å². The Labute approximate surface area is 72.9 Å². The van der Waals surface area contributed by atoms with E-state index in [1.54, 1.807) is 12.2 Å². The van der Waals surface area contributed by atoms with E-state index in [0.717, 1.165) is 21.6 Å². The zero-order valence-electron chi connectivity index (χ0n) is 7.14. The van der Waals surface area contributed by atoms with Crippen molar-refractivity contribution in [3.63, 3.8) is 0 Å². The zero-order chi connectivity index (χ0) is 9.14. The van der Waals surface area contributed by atoms with Crippen molar-refractivity contribution in [3.05, 3.63) is 46.9 Å². The third-order valence-corrected chi connectivity index (χ3v) is 1.91. The van der Waals surface area contributed by atoms with Crippen molar-refractivity contribution >= 4 is 25.3 Å². The molecule has 0 aromatic heterocycles. The Hall–Kier alpha value is -1.56. The molecule has 0 unspecified atom stereocenters. The predicted molar refractivity (Wildman–Crippen MR) is 56.9 cm³/mol. The summed E-state index contributed by atoms with van der Waals surface area (Å²) < 4.78 is 0. The van der Waals surface area contributed by atoms with E-state index in [9.17, 15) is 0 Å². The third-order valence-electron chi connectivity index (χ3n) is 1.91. The second-order valence-electron chi connectivity index (χ2n) is 2.61. The first kappa shape index (κ1) is 8.54. The van der Waals surface area contributed by atoms with Gasteiger partial charge in [-0.1, -0.05) is 50.6 Å². The molecule has 0 heteroatoms. The summed E-state index contributed by atoms with van der Waals surface area (Å²) in [4.78, 5) is 0. The van der Waals surface area contributed by atoms with Gasteiger partial charge in [0.25, 0.3) is 0 Å². The minimum Gasteiger partial charge on any atom is -0.0984 e. The van der Waals surface area contributed by atoms with E-state index in [2.05, 4.69) is 26.3 Å². The van der Waals surface area contributed by atoms with Gasteiger partial charge in [-0.05, 0) is 21.6 Å². The summed E-state index contributed by atoms with van der Waals surface area (Å²) >= 11 is 0. The van der Waals surface area contributed by atoms with Gasteiger partial charge < -0.3 is 0 Å². The number of hydrogen-bond donors (Lipinski definition) is 0. The summed E-state index contributed by atoms with van der Waals surface area (Å²) in [6, 6.07) is 3.91. The lowest BCUT2D eigenvalue weighted by Gasteiger charge is -2.00. The molecule has 0 aliphatic rings. The Kier molecular flexibility index (Phi) is 2.29. The normalized spacial score (nSPS) is 9.33. The second kappa shape index (κ2) is 3.22. The molecule has 0 N–H and O–H groups in total. The molecule has 0 nitrogen and oxygen atoms in total. The molecule has 0 amide bonds. The standard InChI is InChI=1S/C12H12/c1-5-11-8-7-9(3)10(4)12(11)6-2/h5-8H,1-4H2. The lowest BCUT2D eigenvalue weighted by atomic mass is 10.0. The van der Waals surface area contributed by atoms with Crippen LogP contribution in [0.5, 0.6) is 0 Å². The molecule has 60 valence electrons. The maximum absolute atomic E-state index is 3.92. The fraction of sp³-hybridized carbons (Fsp3) is 0. The third kappa shape index (κ3) is 1.24. The topological polar surface area (TPSA) is 0 Å². The van der Waals surface area contributed by atoms with Crippen LogP contribution in [0.15, 0.2) is 25.3 Å². The average Bonchev–Trinajstić information content (AvgIpc) is 2.09. The highest BCUT2D eigenvalue weighted by Gasteiger charge is 1.94. The van der Waals surface area contributed by atoms with Gasteiger partial charge in [0, 0.05) is 0 Å². The van der Waals surface area contributed by atoms with Crippen molar-refractivity contribution in [3.8, 4) is 0 Å². The first-order chi connectivity index (χ1) is 5.70. The Bertz CT molecular complexity index is 410. The molecule has 0 aliphatic carbocycles. The molecule has 1 aromatic rings. The van der Waals surface area contributed by atoms with Crippen LogP contribution < -0.4 is 10.4 Å². The summed E-state index contributed by atoms with van der Waals surface area (Å²) in [5, 5.41) is 1.87. The number of benzene rings is 1. The first-order valence-corrected chi connectivity index (χ1v) is 3.76. The highest BCUT2D eigenvalue weighted by molar-refractivity contribution is 5.64. The van der Waals surface area contributed by atoms with Crippen molar-refractivity contribution in [1.29, 1.82) is 0 Å². The molecule has 0 fully saturated rings. The molecule has 0 saturated heterocycles. The van der Waals surface area contributed by atoms with Crippen LogP contribution in [0.4, 0.5) is 0 Å². The minimum absolute atomic E-state index is 0.933. The fourth-order valence-corrected chi connectivity index (χ4v) is 1.15. The molecule has 0 atom stereocenters. The van der Waals surface area contributed by atoms with E-state index in [1.807, 2.05) is 12.1 Å². The molecule has 12 heavy (non-hydrogen) atoms. The van der Waals surface area contributed by atoms with E-state index in [4.69, 9.17) is 0 Å². The molecule has 1 rings (SSSR count). The van der Waals surface area contributed by atoms with Gasteiger partial charge in [-0.25, -0.2) is 0 Å². The summed E-state index contributed by atoms with van der Waals surface area (Å²) in [7, 11) is 0. The molecule has 0 radical (unpaired) electrons. The largest absolute Gasteiger partial charge is 0.0984 e. The van der Waals surface area contributed by atoms with E-state index >= 15 is 0 Å². The molecule has 1 aromatic carbocycles. The SMILES string of the molecule is C=Cc1ccc(=C)c(=C)c1C=C. The first-order valence-electron chi connectivity index (χ1n) is 3.76. The Morgan fingerprint density at radius 2 is 1.67 bits per heavy atom. The molecular formula is C12H12. The van der Waals surface area contributed by atoms with Gasteiger partial charge in [0.05, 0.1) is 0 Å². The second-order valence-corrected chi connectivity index (χ2v) is 2.61. The van der Waals surface area contributed by atoms with Crippen LogP contribution in [-0.4, -0.2) is 0 Å². The molecule has 0 heterocycles. The summed E-state index contributed by atoms with van der Waals surface area (Å²) in [5.74, 6) is 0. The fourth-order valence-electron chi connectivity index (χ4n) is 1.15. The zero-order valence-corrected chi connectivity index (χ0v) is 7.14. The Morgan fingerprint density at radius 3 is 2.17 bits per heavy atom. The van der Waals surface area contributed by atoms with Gasteiger partial charge in [0.1, 0.15) is 0 Å². The lowest BCUT2D eigenvalue weighted by Crippen LogP contribution is -2.24. The van der Waals surface area contributed by atoms with Gasteiger partial charge >= 0.3 is 0 Å². The molecule has 0 bridgehead atoms. The monoisotopic (exact) mass is 156 g/mol. The predicted octanol–water partition coefficient (Wildman–Crippen LogP) is 1.79. The Morgan fingerprint density at radius 1 is 1.00 bits per heavy atom. The van der Waals surface area contributed by atoms with Gasteiger partial charge in [-0.15, -0.1) is 0 Å². The quantitative estimate of drug-likeness (QED) is 0.612. The van der Waals surface area contributed by atoms with Crippen LogP contribution in [0, 0.1) is 0 Å². The van der Waals surface area contributed by atoms with Crippen LogP contribution in [0.3, 0.4) is 0 Å². The van der Waals surface area contributed by atoms with Gasteiger partial charge in [0.2, 0.25) is 0 Å². The maximum atomic E-state index is 3.92. The summed E-state index contributed by atoms with van der Waals surface area (Å²) in [6.07, 6.45) is 3.58. The van der Waals surface area contributed by atoms with E-state index < -0.39 is 0 Å². The highest BCUT2D eigenvalue weighted by Crippen LogP contribution is 2.03. The number of hydrogen-bond acceptors (Lipinski definition) is 0. The molecule has 0 saturated carbocycles. The summed E-state index contributed by atoms with van der Waals surface area (Å²) in [6.45, 7) is 15.2. The van der Waals surface area contributed by atoms with Crippen molar-refractivity contribution in [2.75, 3.05) is 0 Å². The van der Waals surface area contributed by atoms with E-state index in [-0.39, 0.29) is 0 Å². The number of rotatable bonds is 2.